The van der Waals surface area contributed by atoms with Gasteiger partial charge in [-0.1, -0.05) is 30.3 Å². The molecule has 0 atom stereocenters. The first-order chi connectivity index (χ1) is 10.2. The van der Waals surface area contributed by atoms with E-state index in [9.17, 15) is 4.79 Å². The monoisotopic (exact) mass is 278 g/mol. The van der Waals surface area contributed by atoms with Crippen LogP contribution < -0.4 is 10.8 Å². The first-order valence-electron chi connectivity index (χ1n) is 6.56. The molecule has 0 radical (unpaired) electrons. The number of carbonyl (C=O) groups excluding carboxylic acids is 1. The first kappa shape index (κ1) is 13.1. The topological polar surface area (TPSA) is 70.8 Å². The Labute approximate surface area is 121 Å². The number of aromatic nitrogens is 2. The molecule has 21 heavy (non-hydrogen) atoms. The molecule has 0 fully saturated rings. The van der Waals surface area contributed by atoms with Crippen LogP contribution in [-0.4, -0.2) is 15.5 Å². The van der Waals surface area contributed by atoms with Crippen molar-refractivity contribution in [2.24, 2.45) is 0 Å². The molecule has 0 spiro atoms. The SMILES string of the molecule is CC(=O)Nc1nc2ccccc2c(=N)n1-c1ccccc1. The van der Waals surface area contributed by atoms with Gasteiger partial charge in [-0.05, 0) is 24.3 Å². The summed E-state index contributed by atoms with van der Waals surface area (Å²) >= 11 is 0. The molecular weight excluding hydrogens is 264 g/mol. The number of anilines is 1. The van der Waals surface area contributed by atoms with Crippen molar-refractivity contribution in [3.05, 3.63) is 60.1 Å². The Balaban J connectivity index is 2.37. The van der Waals surface area contributed by atoms with Crippen molar-refractivity contribution in [1.82, 2.24) is 9.55 Å². The highest BCUT2D eigenvalue weighted by Gasteiger charge is 2.11. The largest absolute Gasteiger partial charge is 0.296 e. The van der Waals surface area contributed by atoms with E-state index in [1.165, 1.54) is 6.92 Å². The molecule has 0 saturated carbocycles. The zero-order valence-corrected chi connectivity index (χ0v) is 11.5. The zero-order chi connectivity index (χ0) is 14.8. The summed E-state index contributed by atoms with van der Waals surface area (Å²) in [5.74, 6) is 0.124. The number of fused-ring (bicyclic) bond motifs is 1. The molecule has 3 rings (SSSR count). The van der Waals surface area contributed by atoms with Crippen LogP contribution in [0, 0.1) is 5.41 Å². The van der Waals surface area contributed by atoms with Crippen molar-refractivity contribution >= 4 is 22.8 Å². The third-order valence-electron chi connectivity index (χ3n) is 3.12. The fourth-order valence-electron chi connectivity index (χ4n) is 2.23. The summed E-state index contributed by atoms with van der Waals surface area (Å²) in [7, 11) is 0. The summed E-state index contributed by atoms with van der Waals surface area (Å²) in [5, 5.41) is 11.9. The molecular formula is C16H14N4O. The van der Waals surface area contributed by atoms with Gasteiger partial charge in [-0.3, -0.25) is 20.1 Å². The summed E-state index contributed by atoms with van der Waals surface area (Å²) < 4.78 is 1.63. The van der Waals surface area contributed by atoms with Crippen molar-refractivity contribution in [3.8, 4) is 5.69 Å². The molecule has 1 heterocycles. The molecule has 1 aromatic heterocycles. The number of rotatable bonds is 2. The fourth-order valence-corrected chi connectivity index (χ4v) is 2.23. The van der Waals surface area contributed by atoms with E-state index in [1.807, 2.05) is 54.6 Å². The van der Waals surface area contributed by atoms with Crippen molar-refractivity contribution in [2.45, 2.75) is 6.92 Å². The summed E-state index contributed by atoms with van der Waals surface area (Å²) in [5.41, 5.74) is 1.75. The molecule has 0 aliphatic heterocycles. The van der Waals surface area contributed by atoms with Crippen LogP contribution in [0.25, 0.3) is 16.6 Å². The number of carbonyl (C=O) groups is 1. The Morgan fingerprint density at radius 2 is 1.76 bits per heavy atom. The molecule has 0 aliphatic carbocycles. The van der Waals surface area contributed by atoms with E-state index in [2.05, 4.69) is 10.3 Å². The quantitative estimate of drug-likeness (QED) is 0.756. The standard InChI is InChI=1S/C16H14N4O/c1-11(21)18-16-19-14-10-6-5-9-13(14)15(17)20(16)12-7-3-2-4-8-12/h2-10,17H,1H3,(H,18,19,21). The van der Waals surface area contributed by atoms with Gasteiger partial charge in [-0.15, -0.1) is 0 Å². The van der Waals surface area contributed by atoms with Gasteiger partial charge in [0.25, 0.3) is 0 Å². The van der Waals surface area contributed by atoms with Crippen molar-refractivity contribution < 1.29 is 4.79 Å². The Morgan fingerprint density at radius 3 is 2.48 bits per heavy atom. The maximum absolute atomic E-state index is 11.4. The van der Waals surface area contributed by atoms with E-state index >= 15 is 0 Å². The van der Waals surface area contributed by atoms with Gasteiger partial charge in [-0.2, -0.15) is 0 Å². The highest BCUT2D eigenvalue weighted by Crippen LogP contribution is 2.15. The van der Waals surface area contributed by atoms with Crippen LogP contribution in [0.2, 0.25) is 0 Å². The minimum absolute atomic E-state index is 0.220. The average molecular weight is 278 g/mol. The fraction of sp³-hybridized carbons (Fsp3) is 0.0625. The summed E-state index contributed by atoms with van der Waals surface area (Å²) in [4.78, 5) is 15.9. The minimum Gasteiger partial charge on any atom is -0.296 e. The van der Waals surface area contributed by atoms with Gasteiger partial charge in [0.15, 0.2) is 0 Å². The lowest BCUT2D eigenvalue weighted by atomic mass is 10.2. The molecule has 3 aromatic rings. The lowest BCUT2D eigenvalue weighted by molar-refractivity contribution is -0.114. The summed E-state index contributed by atoms with van der Waals surface area (Å²) in [6.07, 6.45) is 0. The number of benzene rings is 2. The molecule has 2 N–H and O–H groups in total. The second-order valence-electron chi connectivity index (χ2n) is 4.65. The maximum Gasteiger partial charge on any atom is 0.223 e. The van der Waals surface area contributed by atoms with E-state index in [0.717, 1.165) is 11.1 Å². The number of hydrogen-bond acceptors (Lipinski definition) is 3. The molecule has 0 saturated heterocycles. The van der Waals surface area contributed by atoms with Crippen LogP contribution in [0.1, 0.15) is 6.92 Å². The molecule has 2 aromatic carbocycles. The van der Waals surface area contributed by atoms with Crippen LogP contribution in [0.5, 0.6) is 0 Å². The molecule has 0 bridgehead atoms. The number of nitrogens with zero attached hydrogens (tertiary/aromatic N) is 2. The van der Waals surface area contributed by atoms with Gasteiger partial charge in [0, 0.05) is 12.3 Å². The number of para-hydroxylation sites is 2. The molecule has 104 valence electrons. The molecule has 1 amide bonds. The van der Waals surface area contributed by atoms with Crippen molar-refractivity contribution in [1.29, 1.82) is 5.41 Å². The maximum atomic E-state index is 11.4. The second-order valence-corrected chi connectivity index (χ2v) is 4.65. The van der Waals surface area contributed by atoms with Crippen molar-refractivity contribution in [3.63, 3.8) is 0 Å². The number of hydrogen-bond donors (Lipinski definition) is 2. The Hall–Kier alpha value is -2.95. The average Bonchev–Trinajstić information content (AvgIpc) is 2.48. The van der Waals surface area contributed by atoms with E-state index in [4.69, 9.17) is 5.41 Å². The lowest BCUT2D eigenvalue weighted by Crippen LogP contribution is -2.25. The minimum atomic E-state index is -0.220. The molecule has 0 unspecified atom stereocenters. The summed E-state index contributed by atoms with van der Waals surface area (Å²) in [6, 6.07) is 16.8. The van der Waals surface area contributed by atoms with Crippen LogP contribution in [0.15, 0.2) is 54.6 Å². The zero-order valence-electron chi connectivity index (χ0n) is 11.5. The van der Waals surface area contributed by atoms with E-state index in [-0.39, 0.29) is 11.4 Å². The summed E-state index contributed by atoms with van der Waals surface area (Å²) in [6.45, 7) is 1.43. The second kappa shape index (κ2) is 5.20. The van der Waals surface area contributed by atoms with Crippen molar-refractivity contribution in [2.75, 3.05) is 5.32 Å². The molecule has 5 nitrogen and oxygen atoms in total. The van der Waals surface area contributed by atoms with Crippen LogP contribution in [-0.2, 0) is 4.79 Å². The number of amides is 1. The van der Waals surface area contributed by atoms with Gasteiger partial charge in [0.05, 0.1) is 11.2 Å². The normalized spacial score (nSPS) is 10.5. The Kier molecular flexibility index (Phi) is 3.23. The van der Waals surface area contributed by atoms with Crippen LogP contribution in [0.4, 0.5) is 5.95 Å². The Morgan fingerprint density at radius 1 is 1.10 bits per heavy atom. The smallest absolute Gasteiger partial charge is 0.223 e. The van der Waals surface area contributed by atoms with Gasteiger partial charge in [0.1, 0.15) is 5.49 Å². The lowest BCUT2D eigenvalue weighted by Gasteiger charge is -2.14. The molecule has 5 heteroatoms. The highest BCUT2D eigenvalue weighted by atomic mass is 16.1. The Bertz CT molecular complexity index is 868. The molecule has 0 aliphatic rings. The highest BCUT2D eigenvalue weighted by molar-refractivity contribution is 5.88. The van der Waals surface area contributed by atoms with Crippen LogP contribution >= 0.6 is 0 Å². The van der Waals surface area contributed by atoms with Gasteiger partial charge < -0.3 is 0 Å². The number of nitrogens with one attached hydrogen (secondary N) is 2. The first-order valence-corrected chi connectivity index (χ1v) is 6.56. The predicted octanol–water partition coefficient (Wildman–Crippen LogP) is 2.46. The van der Waals surface area contributed by atoms with E-state index in [1.54, 1.807) is 4.57 Å². The predicted molar refractivity (Wildman–Crippen MR) is 81.2 cm³/mol. The van der Waals surface area contributed by atoms with Crippen LogP contribution in [0.3, 0.4) is 0 Å². The third-order valence-corrected chi connectivity index (χ3v) is 3.12. The third kappa shape index (κ3) is 2.41. The van der Waals surface area contributed by atoms with E-state index in [0.29, 0.717) is 11.5 Å². The van der Waals surface area contributed by atoms with Gasteiger partial charge in [0.2, 0.25) is 11.9 Å². The van der Waals surface area contributed by atoms with E-state index < -0.39 is 0 Å². The van der Waals surface area contributed by atoms with Gasteiger partial charge in [-0.25, -0.2) is 4.98 Å². The van der Waals surface area contributed by atoms with Gasteiger partial charge >= 0.3 is 0 Å².